The highest BCUT2D eigenvalue weighted by Gasteiger charge is 2.12. The molecule has 0 spiro atoms. The molecule has 2 aromatic rings. The Hall–Kier alpha value is -2.34. The Kier molecular flexibility index (Phi) is 4.59. The number of hydrogen-bond acceptors (Lipinski definition) is 3. The molecule has 0 saturated heterocycles. The zero-order valence-corrected chi connectivity index (χ0v) is 12.7. The summed E-state index contributed by atoms with van der Waals surface area (Å²) in [5.74, 6) is -0.251. The van der Waals surface area contributed by atoms with E-state index in [9.17, 15) is 9.59 Å². The summed E-state index contributed by atoms with van der Waals surface area (Å²) >= 11 is 3.19. The number of rotatable bonds is 4. The second-order valence-corrected chi connectivity index (χ2v) is 5.18. The molecule has 0 radical (unpaired) electrons. The van der Waals surface area contributed by atoms with Crippen LogP contribution in [0.1, 0.15) is 21.9 Å². The maximum atomic E-state index is 11.8. The smallest absolute Gasteiger partial charge is 0.337 e. The van der Waals surface area contributed by atoms with Gasteiger partial charge in [0.25, 0.3) is 0 Å². The fraction of sp³-hybridized carbons (Fsp3) is 0.0667. The fourth-order valence-corrected chi connectivity index (χ4v) is 2.04. The van der Waals surface area contributed by atoms with Crippen molar-refractivity contribution in [1.82, 2.24) is 0 Å². The van der Waals surface area contributed by atoms with Crippen LogP contribution in [-0.4, -0.2) is 17.0 Å². The van der Waals surface area contributed by atoms with Gasteiger partial charge in [0.1, 0.15) is 11.5 Å². The molecule has 0 saturated carbocycles. The number of aromatic carboxylic acids is 1. The first-order valence-electron chi connectivity index (χ1n) is 6.04. The van der Waals surface area contributed by atoms with E-state index in [-0.39, 0.29) is 11.3 Å². The van der Waals surface area contributed by atoms with Crippen LogP contribution in [0, 0.1) is 6.92 Å². The molecule has 0 atom stereocenters. The van der Waals surface area contributed by atoms with Crippen LogP contribution in [0.15, 0.2) is 45.3 Å². The van der Waals surface area contributed by atoms with Crippen molar-refractivity contribution in [2.75, 3.05) is 5.32 Å². The van der Waals surface area contributed by atoms with Crippen LogP contribution in [0.2, 0.25) is 0 Å². The molecule has 0 unspecified atom stereocenters. The summed E-state index contributed by atoms with van der Waals surface area (Å²) in [5, 5.41) is 11.6. The minimum Gasteiger partial charge on any atom is -0.478 e. The Balaban J connectivity index is 2.13. The number of benzene rings is 1. The second-order valence-electron chi connectivity index (χ2n) is 4.27. The average Bonchev–Trinajstić information content (AvgIpc) is 2.84. The van der Waals surface area contributed by atoms with Crippen molar-refractivity contribution >= 4 is 39.6 Å². The van der Waals surface area contributed by atoms with E-state index >= 15 is 0 Å². The minimum absolute atomic E-state index is 0.0139. The van der Waals surface area contributed by atoms with E-state index in [1.54, 1.807) is 25.1 Å². The maximum Gasteiger partial charge on any atom is 0.337 e. The lowest BCUT2D eigenvalue weighted by atomic mass is 10.2. The number of carboxylic acids is 1. The summed E-state index contributed by atoms with van der Waals surface area (Å²) in [6.45, 7) is 1.80. The fourth-order valence-electron chi connectivity index (χ4n) is 1.68. The second kappa shape index (κ2) is 6.41. The summed E-state index contributed by atoms with van der Waals surface area (Å²) in [6, 6.07) is 8.13. The Morgan fingerprint density at radius 3 is 2.67 bits per heavy atom. The molecule has 1 amide bonds. The van der Waals surface area contributed by atoms with Gasteiger partial charge >= 0.3 is 5.97 Å². The van der Waals surface area contributed by atoms with E-state index in [4.69, 9.17) is 9.52 Å². The average molecular weight is 350 g/mol. The molecule has 1 aromatic carbocycles. The van der Waals surface area contributed by atoms with Crippen LogP contribution in [-0.2, 0) is 4.79 Å². The summed E-state index contributed by atoms with van der Waals surface area (Å²) < 4.78 is 5.92. The quantitative estimate of drug-likeness (QED) is 0.824. The van der Waals surface area contributed by atoms with Gasteiger partial charge in [0.15, 0.2) is 0 Å². The molecular weight excluding hydrogens is 338 g/mol. The van der Waals surface area contributed by atoms with E-state index in [1.165, 1.54) is 24.3 Å². The van der Waals surface area contributed by atoms with Crippen LogP contribution >= 0.6 is 15.9 Å². The number of carboxylic acid groups (broad SMARTS) is 1. The van der Waals surface area contributed by atoms with E-state index in [0.717, 1.165) is 5.76 Å². The van der Waals surface area contributed by atoms with E-state index in [0.29, 0.717) is 10.2 Å². The molecule has 2 rings (SSSR count). The first kappa shape index (κ1) is 15.1. The number of hydrogen-bond donors (Lipinski definition) is 2. The van der Waals surface area contributed by atoms with Gasteiger partial charge in [-0.25, -0.2) is 4.79 Å². The van der Waals surface area contributed by atoms with Gasteiger partial charge in [-0.2, -0.15) is 0 Å². The van der Waals surface area contributed by atoms with Gasteiger partial charge in [0.05, 0.1) is 11.3 Å². The minimum atomic E-state index is -1.11. The summed E-state index contributed by atoms with van der Waals surface area (Å²) in [5.41, 5.74) is 0.246. The Morgan fingerprint density at radius 1 is 1.29 bits per heavy atom. The number of nitrogens with one attached hydrogen (secondary N) is 1. The summed E-state index contributed by atoms with van der Waals surface area (Å²) in [4.78, 5) is 22.9. The molecule has 0 bridgehead atoms. The number of carbonyl (C=O) groups is 2. The van der Waals surface area contributed by atoms with E-state index in [2.05, 4.69) is 21.2 Å². The largest absolute Gasteiger partial charge is 0.478 e. The number of furan rings is 1. The van der Waals surface area contributed by atoms with Gasteiger partial charge in [-0.1, -0.05) is 15.9 Å². The molecule has 0 aliphatic carbocycles. The van der Waals surface area contributed by atoms with Crippen molar-refractivity contribution in [3.05, 3.63) is 58.0 Å². The van der Waals surface area contributed by atoms with Crippen molar-refractivity contribution in [3.8, 4) is 0 Å². The van der Waals surface area contributed by atoms with E-state index in [1.807, 2.05) is 0 Å². The van der Waals surface area contributed by atoms with Crippen molar-refractivity contribution in [1.29, 1.82) is 0 Å². The lowest BCUT2D eigenvalue weighted by molar-refractivity contribution is -0.111. The number of anilines is 1. The standard InChI is InChI=1S/C15H12BrNO4/c1-9-2-4-11(21-9)5-7-14(18)17-13-6-3-10(16)8-12(13)15(19)20/h2-8H,1H3,(H,17,18)(H,19,20). The molecule has 21 heavy (non-hydrogen) atoms. The van der Waals surface area contributed by atoms with Gasteiger partial charge in [-0.15, -0.1) is 0 Å². The highest BCUT2D eigenvalue weighted by atomic mass is 79.9. The van der Waals surface area contributed by atoms with Gasteiger partial charge in [-0.05, 0) is 43.3 Å². The number of halogens is 1. The van der Waals surface area contributed by atoms with Crippen molar-refractivity contribution < 1.29 is 19.1 Å². The molecule has 6 heteroatoms. The lowest BCUT2D eigenvalue weighted by Crippen LogP contribution is -2.12. The normalized spacial score (nSPS) is 10.8. The number of amides is 1. The monoisotopic (exact) mass is 349 g/mol. The lowest BCUT2D eigenvalue weighted by Gasteiger charge is -2.06. The third kappa shape index (κ3) is 4.06. The molecule has 0 fully saturated rings. The van der Waals surface area contributed by atoms with Gasteiger partial charge in [0, 0.05) is 10.5 Å². The van der Waals surface area contributed by atoms with Crippen LogP contribution in [0.4, 0.5) is 5.69 Å². The molecule has 0 aliphatic rings. The molecule has 1 heterocycles. The molecule has 2 N–H and O–H groups in total. The first-order valence-corrected chi connectivity index (χ1v) is 6.83. The van der Waals surface area contributed by atoms with Gasteiger partial charge in [-0.3, -0.25) is 4.79 Å². The van der Waals surface area contributed by atoms with Crippen LogP contribution < -0.4 is 5.32 Å². The third-order valence-electron chi connectivity index (χ3n) is 2.63. The Labute approximate surface area is 129 Å². The number of aryl methyl sites for hydroxylation is 1. The highest BCUT2D eigenvalue weighted by molar-refractivity contribution is 9.10. The third-order valence-corrected chi connectivity index (χ3v) is 3.12. The first-order chi connectivity index (χ1) is 9.95. The zero-order valence-electron chi connectivity index (χ0n) is 11.1. The van der Waals surface area contributed by atoms with Crippen molar-refractivity contribution in [2.45, 2.75) is 6.92 Å². The molecule has 5 nitrogen and oxygen atoms in total. The zero-order chi connectivity index (χ0) is 15.4. The molecular formula is C15H12BrNO4. The van der Waals surface area contributed by atoms with Gasteiger partial charge < -0.3 is 14.8 Å². The highest BCUT2D eigenvalue weighted by Crippen LogP contribution is 2.21. The van der Waals surface area contributed by atoms with E-state index < -0.39 is 11.9 Å². The maximum absolute atomic E-state index is 11.8. The SMILES string of the molecule is Cc1ccc(C=CC(=O)Nc2ccc(Br)cc2C(=O)O)o1. The van der Waals surface area contributed by atoms with Crippen LogP contribution in [0.3, 0.4) is 0 Å². The molecule has 1 aromatic heterocycles. The topological polar surface area (TPSA) is 79.5 Å². The van der Waals surface area contributed by atoms with Gasteiger partial charge in [0.2, 0.25) is 5.91 Å². The summed E-state index contributed by atoms with van der Waals surface area (Å²) in [7, 11) is 0. The van der Waals surface area contributed by atoms with Crippen LogP contribution in [0.5, 0.6) is 0 Å². The predicted octanol–water partition coefficient (Wildman–Crippen LogP) is 3.70. The summed E-state index contributed by atoms with van der Waals surface area (Å²) in [6.07, 6.45) is 2.80. The predicted molar refractivity (Wildman–Crippen MR) is 82.2 cm³/mol. The van der Waals surface area contributed by atoms with Crippen molar-refractivity contribution in [3.63, 3.8) is 0 Å². The molecule has 0 aliphatic heterocycles. The Morgan fingerprint density at radius 2 is 2.05 bits per heavy atom. The Bertz CT molecular complexity index is 718. The molecule has 108 valence electrons. The number of carbonyl (C=O) groups excluding carboxylic acids is 1. The van der Waals surface area contributed by atoms with Crippen LogP contribution in [0.25, 0.3) is 6.08 Å². The van der Waals surface area contributed by atoms with Crippen molar-refractivity contribution in [2.24, 2.45) is 0 Å².